The molecule has 1 fully saturated rings. The number of rotatable bonds is 8. The second-order valence-electron chi connectivity index (χ2n) is 12.9. The molecule has 2 aromatic carbocycles. The monoisotopic (exact) mass is 568 g/mol. The van der Waals surface area contributed by atoms with Crippen LogP contribution in [0.15, 0.2) is 24.3 Å². The SMILES string of the molecule is COCOc1cc(/C=C/c2cc3c(c(OCOC)c2)O[C@]2(C)CC[C@@H](O)C(C)(C)[C@H]2C3)cc2c1CC(O)C(C)(C)O2. The fourth-order valence-electron chi connectivity index (χ4n) is 6.58. The zero-order valence-corrected chi connectivity index (χ0v) is 25.3. The molecular formula is C33H44O8. The lowest BCUT2D eigenvalue weighted by atomic mass is 9.57. The van der Waals surface area contributed by atoms with Gasteiger partial charge in [0.05, 0.1) is 12.2 Å². The maximum absolute atomic E-state index is 10.8. The van der Waals surface area contributed by atoms with Gasteiger partial charge >= 0.3 is 0 Å². The Kier molecular flexibility index (Phi) is 8.07. The average Bonchev–Trinajstić information content (AvgIpc) is 2.92. The fourth-order valence-corrected chi connectivity index (χ4v) is 6.58. The zero-order valence-electron chi connectivity index (χ0n) is 25.3. The van der Waals surface area contributed by atoms with E-state index in [4.69, 9.17) is 28.4 Å². The molecule has 3 aliphatic rings. The molecule has 1 aliphatic carbocycles. The highest BCUT2D eigenvalue weighted by Crippen LogP contribution is 2.55. The summed E-state index contributed by atoms with van der Waals surface area (Å²) in [7, 11) is 3.17. The summed E-state index contributed by atoms with van der Waals surface area (Å²) < 4.78 is 35.2. The lowest BCUT2D eigenvalue weighted by Gasteiger charge is -2.55. The van der Waals surface area contributed by atoms with Gasteiger partial charge in [-0.3, -0.25) is 0 Å². The Morgan fingerprint density at radius 3 is 2.15 bits per heavy atom. The predicted octanol–water partition coefficient (Wildman–Crippen LogP) is 5.39. The van der Waals surface area contributed by atoms with Gasteiger partial charge in [0, 0.05) is 32.1 Å². The van der Waals surface area contributed by atoms with Gasteiger partial charge in [0.15, 0.2) is 25.1 Å². The highest BCUT2D eigenvalue weighted by molar-refractivity contribution is 5.74. The van der Waals surface area contributed by atoms with Crippen LogP contribution < -0.4 is 18.9 Å². The van der Waals surface area contributed by atoms with Gasteiger partial charge in [-0.25, -0.2) is 0 Å². The average molecular weight is 569 g/mol. The lowest BCUT2D eigenvalue weighted by Crippen LogP contribution is -2.58. The summed E-state index contributed by atoms with van der Waals surface area (Å²) in [4.78, 5) is 0. The van der Waals surface area contributed by atoms with E-state index in [1.807, 2.05) is 44.2 Å². The van der Waals surface area contributed by atoms with Crippen molar-refractivity contribution in [3.8, 4) is 23.0 Å². The van der Waals surface area contributed by atoms with Crippen LogP contribution in [0.3, 0.4) is 0 Å². The molecule has 2 heterocycles. The van der Waals surface area contributed by atoms with Crippen LogP contribution in [0.1, 0.15) is 69.7 Å². The molecule has 1 unspecified atom stereocenters. The largest absolute Gasteiger partial charge is 0.485 e. The molecule has 4 atom stereocenters. The standard InChI is InChI=1S/C33H44O8/c1-31(2)27-16-22-12-20(15-26(39-19-37-7)30(22)41-33(27,5)11-10-28(31)34)8-9-21-13-24(38-18-36-6)23-17-29(35)32(3,4)40-25(23)14-21/h8-9,12-15,27-29,34-35H,10-11,16-19H2,1-7H3/b9-8+/t27-,28-,29?,33-/m1/s1. The Morgan fingerprint density at radius 2 is 1.46 bits per heavy atom. The van der Waals surface area contributed by atoms with Crippen LogP contribution >= 0.6 is 0 Å². The van der Waals surface area contributed by atoms with Gasteiger partial charge in [-0.15, -0.1) is 0 Å². The maximum Gasteiger partial charge on any atom is 0.188 e. The van der Waals surface area contributed by atoms with E-state index in [1.54, 1.807) is 14.2 Å². The van der Waals surface area contributed by atoms with Crippen LogP contribution in [0.5, 0.6) is 23.0 Å². The van der Waals surface area contributed by atoms with Gasteiger partial charge in [0.1, 0.15) is 22.7 Å². The molecule has 0 bridgehead atoms. The Hall–Kier alpha value is -2.78. The number of benzene rings is 2. The van der Waals surface area contributed by atoms with Gasteiger partial charge < -0.3 is 38.6 Å². The number of hydrogen-bond acceptors (Lipinski definition) is 8. The molecule has 5 rings (SSSR count). The number of methoxy groups -OCH3 is 2. The highest BCUT2D eigenvalue weighted by atomic mass is 16.7. The molecule has 1 saturated carbocycles. The van der Waals surface area contributed by atoms with E-state index >= 15 is 0 Å². The van der Waals surface area contributed by atoms with E-state index in [9.17, 15) is 10.2 Å². The number of aliphatic hydroxyl groups is 2. The van der Waals surface area contributed by atoms with Crippen molar-refractivity contribution < 1.29 is 38.6 Å². The van der Waals surface area contributed by atoms with Crippen molar-refractivity contribution in [2.24, 2.45) is 11.3 Å². The highest BCUT2D eigenvalue weighted by Gasteiger charge is 2.55. The number of fused-ring (bicyclic) bond motifs is 3. The summed E-state index contributed by atoms with van der Waals surface area (Å²) in [5, 5.41) is 21.4. The van der Waals surface area contributed by atoms with Crippen LogP contribution in [0.2, 0.25) is 0 Å². The van der Waals surface area contributed by atoms with Crippen molar-refractivity contribution in [2.75, 3.05) is 27.8 Å². The van der Waals surface area contributed by atoms with Crippen LogP contribution in [-0.4, -0.2) is 61.4 Å². The molecule has 0 amide bonds. The minimum atomic E-state index is -0.713. The molecule has 0 spiro atoms. The number of hydrogen-bond donors (Lipinski definition) is 2. The van der Waals surface area contributed by atoms with E-state index < -0.39 is 11.7 Å². The Balaban J connectivity index is 1.51. The second kappa shape index (κ2) is 11.1. The molecule has 41 heavy (non-hydrogen) atoms. The zero-order chi connectivity index (χ0) is 29.6. The van der Waals surface area contributed by atoms with Crippen LogP contribution in [0, 0.1) is 11.3 Å². The van der Waals surface area contributed by atoms with Gasteiger partial charge in [-0.1, -0.05) is 26.0 Å². The third-order valence-corrected chi connectivity index (χ3v) is 9.22. The first-order valence-corrected chi connectivity index (χ1v) is 14.4. The molecule has 224 valence electrons. The third-order valence-electron chi connectivity index (χ3n) is 9.22. The third kappa shape index (κ3) is 5.67. The predicted molar refractivity (Wildman–Crippen MR) is 156 cm³/mol. The van der Waals surface area contributed by atoms with Crippen molar-refractivity contribution in [3.05, 3.63) is 46.5 Å². The summed E-state index contributed by atoms with van der Waals surface area (Å²) in [5.74, 6) is 2.86. The first kappa shape index (κ1) is 29.7. The molecule has 2 N–H and O–H groups in total. The molecule has 8 nitrogen and oxygen atoms in total. The number of aliphatic hydroxyl groups excluding tert-OH is 2. The second-order valence-corrected chi connectivity index (χ2v) is 12.9. The van der Waals surface area contributed by atoms with E-state index in [-0.39, 0.29) is 36.6 Å². The summed E-state index contributed by atoms with van der Waals surface area (Å²) in [6, 6.07) is 8.01. The molecular weight excluding hydrogens is 524 g/mol. The van der Waals surface area contributed by atoms with Gasteiger partial charge in [-0.05, 0) is 86.4 Å². The van der Waals surface area contributed by atoms with Crippen molar-refractivity contribution >= 4 is 12.2 Å². The molecule has 0 aromatic heterocycles. The molecule has 0 radical (unpaired) electrons. The first-order valence-electron chi connectivity index (χ1n) is 14.4. The van der Waals surface area contributed by atoms with Crippen molar-refractivity contribution in [2.45, 2.75) is 83.7 Å². The van der Waals surface area contributed by atoms with Crippen molar-refractivity contribution in [1.82, 2.24) is 0 Å². The topological polar surface area (TPSA) is 95.8 Å². The molecule has 2 aromatic rings. The van der Waals surface area contributed by atoms with Crippen LogP contribution in [-0.2, 0) is 22.3 Å². The Morgan fingerprint density at radius 1 is 0.829 bits per heavy atom. The van der Waals surface area contributed by atoms with Gasteiger partial charge in [0.25, 0.3) is 0 Å². The van der Waals surface area contributed by atoms with Gasteiger partial charge in [0.2, 0.25) is 0 Å². The van der Waals surface area contributed by atoms with E-state index in [2.05, 4.69) is 26.8 Å². The summed E-state index contributed by atoms with van der Waals surface area (Å²) in [5.41, 5.74) is 2.33. The summed E-state index contributed by atoms with van der Waals surface area (Å²) in [6.45, 7) is 10.4. The smallest absolute Gasteiger partial charge is 0.188 e. The van der Waals surface area contributed by atoms with Crippen molar-refractivity contribution in [1.29, 1.82) is 0 Å². The Labute approximate surface area is 243 Å². The first-order chi connectivity index (χ1) is 19.4. The minimum absolute atomic E-state index is 0.0925. The fraction of sp³-hybridized carbons (Fsp3) is 0.576. The summed E-state index contributed by atoms with van der Waals surface area (Å²) in [6.07, 6.45) is 5.72. The van der Waals surface area contributed by atoms with Crippen LogP contribution in [0.25, 0.3) is 12.2 Å². The van der Waals surface area contributed by atoms with E-state index in [0.29, 0.717) is 30.1 Å². The molecule has 0 saturated heterocycles. The van der Waals surface area contributed by atoms with Crippen LogP contribution in [0.4, 0.5) is 0 Å². The Bertz CT molecular complexity index is 1300. The normalized spacial score (nSPS) is 27.7. The van der Waals surface area contributed by atoms with E-state index in [0.717, 1.165) is 40.8 Å². The maximum atomic E-state index is 10.8. The van der Waals surface area contributed by atoms with Crippen molar-refractivity contribution in [3.63, 3.8) is 0 Å². The summed E-state index contributed by atoms with van der Waals surface area (Å²) >= 11 is 0. The lowest BCUT2D eigenvalue weighted by molar-refractivity contribution is -0.138. The van der Waals surface area contributed by atoms with E-state index in [1.165, 1.54) is 0 Å². The molecule has 8 heteroatoms. The quantitative estimate of drug-likeness (QED) is 0.324. The minimum Gasteiger partial charge on any atom is -0.485 e. The molecule has 2 aliphatic heterocycles. The van der Waals surface area contributed by atoms with Gasteiger partial charge in [-0.2, -0.15) is 0 Å². The number of ether oxygens (including phenoxy) is 6.